The van der Waals surface area contributed by atoms with Gasteiger partial charge in [-0.2, -0.15) is 0 Å². The molecule has 0 unspecified atom stereocenters. The number of benzene rings is 1. The van der Waals surface area contributed by atoms with Crippen molar-refractivity contribution in [2.24, 2.45) is 5.73 Å². The van der Waals surface area contributed by atoms with E-state index in [2.05, 4.69) is 48.9 Å². The Morgan fingerprint density at radius 2 is 2.12 bits per heavy atom. The Kier molecular flexibility index (Phi) is 4.58. The lowest BCUT2D eigenvalue weighted by Crippen LogP contribution is -2.49. The minimum atomic E-state index is -0.845. The minimum Gasteiger partial charge on any atom is -0.324 e. The van der Waals surface area contributed by atoms with Crippen molar-refractivity contribution in [3.05, 3.63) is 32.7 Å². The van der Waals surface area contributed by atoms with Crippen molar-refractivity contribution in [1.82, 2.24) is 4.90 Å². The molecule has 1 aliphatic heterocycles. The highest BCUT2D eigenvalue weighted by Crippen LogP contribution is 2.25. The molecule has 2 N–H and O–H groups in total. The zero-order chi connectivity index (χ0) is 12.4. The second kappa shape index (κ2) is 5.78. The van der Waals surface area contributed by atoms with Crippen molar-refractivity contribution in [3.63, 3.8) is 0 Å². The van der Waals surface area contributed by atoms with Crippen LogP contribution < -0.4 is 5.73 Å². The number of hydrogen-bond donors (Lipinski definition) is 1. The highest BCUT2D eigenvalue weighted by Gasteiger charge is 2.25. The van der Waals surface area contributed by atoms with E-state index >= 15 is 0 Å². The number of likely N-dealkylation sites (tertiary alicyclic amines) is 1. The number of halogens is 3. The first-order valence-corrected chi connectivity index (χ1v) is 7.21. The van der Waals surface area contributed by atoms with Gasteiger partial charge in [0.25, 0.3) is 0 Å². The molecule has 1 fully saturated rings. The highest BCUT2D eigenvalue weighted by molar-refractivity contribution is 9.13. The van der Waals surface area contributed by atoms with Crippen LogP contribution in [0, 0.1) is 0 Å². The first-order valence-electron chi connectivity index (χ1n) is 5.62. The number of alkyl halides is 1. The zero-order valence-electron chi connectivity index (χ0n) is 9.37. The third-order valence-corrected chi connectivity index (χ3v) is 4.92. The van der Waals surface area contributed by atoms with Crippen molar-refractivity contribution in [2.75, 3.05) is 13.1 Å². The first-order chi connectivity index (χ1) is 8.06. The lowest BCUT2D eigenvalue weighted by atomic mass is 10.0. The average Bonchev–Trinajstić information content (AvgIpc) is 2.29. The molecule has 2 atom stereocenters. The molecule has 0 saturated carbocycles. The summed E-state index contributed by atoms with van der Waals surface area (Å²) in [5.41, 5.74) is 6.96. The van der Waals surface area contributed by atoms with Gasteiger partial charge in [0.1, 0.15) is 6.17 Å². The molecular formula is C12H15Br2FN2. The average molecular weight is 366 g/mol. The van der Waals surface area contributed by atoms with Crippen molar-refractivity contribution >= 4 is 31.9 Å². The lowest BCUT2D eigenvalue weighted by Gasteiger charge is -2.33. The number of rotatable bonds is 2. The van der Waals surface area contributed by atoms with Gasteiger partial charge in [0, 0.05) is 34.6 Å². The van der Waals surface area contributed by atoms with Gasteiger partial charge in [0.05, 0.1) is 0 Å². The second-order valence-corrected chi connectivity index (χ2v) is 6.16. The summed E-state index contributed by atoms with van der Waals surface area (Å²) in [6.45, 7) is 2.24. The summed E-state index contributed by atoms with van der Waals surface area (Å²) in [7, 11) is 0. The highest BCUT2D eigenvalue weighted by atomic mass is 79.9. The lowest BCUT2D eigenvalue weighted by molar-refractivity contribution is 0.122. The summed E-state index contributed by atoms with van der Waals surface area (Å²) < 4.78 is 15.3. The van der Waals surface area contributed by atoms with E-state index in [4.69, 9.17) is 5.73 Å². The van der Waals surface area contributed by atoms with Crippen LogP contribution in [0.2, 0.25) is 0 Å². The van der Waals surface area contributed by atoms with E-state index in [0.717, 1.165) is 22.0 Å². The van der Waals surface area contributed by atoms with Crippen LogP contribution in [0.5, 0.6) is 0 Å². The number of piperidine rings is 1. The Hall–Kier alpha value is 0.0300. The number of nitrogens with two attached hydrogens (primary N) is 1. The molecule has 1 saturated heterocycles. The molecule has 1 heterocycles. The molecule has 0 bridgehead atoms. The summed E-state index contributed by atoms with van der Waals surface area (Å²) in [5.74, 6) is 0. The standard InChI is InChI=1S/C12H15Br2FN2/c13-9-2-1-8(5-10(9)14)6-17-4-3-11(15)12(16)7-17/h1-2,5,11-12H,3-4,6-7,16H2/t11-,12-/m1/s1. The summed E-state index contributed by atoms with van der Waals surface area (Å²) in [6.07, 6.45) is -0.304. The summed E-state index contributed by atoms with van der Waals surface area (Å²) in [4.78, 5) is 2.20. The SMILES string of the molecule is N[C@@H]1CN(Cc2ccc(Br)c(Br)c2)CC[C@H]1F. The smallest absolute Gasteiger partial charge is 0.118 e. The van der Waals surface area contributed by atoms with E-state index in [1.165, 1.54) is 5.56 Å². The third-order valence-electron chi connectivity index (χ3n) is 3.04. The molecule has 2 nitrogen and oxygen atoms in total. The van der Waals surface area contributed by atoms with Crippen LogP contribution in [0.3, 0.4) is 0 Å². The summed E-state index contributed by atoms with van der Waals surface area (Å²) in [5, 5.41) is 0. The molecule has 2 rings (SSSR count). The third kappa shape index (κ3) is 3.50. The normalized spacial score (nSPS) is 26.1. The van der Waals surface area contributed by atoms with Gasteiger partial charge in [-0.05, 0) is 56.0 Å². The predicted molar refractivity (Wildman–Crippen MR) is 74.6 cm³/mol. The van der Waals surface area contributed by atoms with Crippen LogP contribution in [0.25, 0.3) is 0 Å². The van der Waals surface area contributed by atoms with Crippen molar-refractivity contribution in [3.8, 4) is 0 Å². The quantitative estimate of drug-likeness (QED) is 0.872. The molecule has 1 aromatic rings. The van der Waals surface area contributed by atoms with Crippen LogP contribution in [0.1, 0.15) is 12.0 Å². The molecule has 0 amide bonds. The fraction of sp³-hybridized carbons (Fsp3) is 0.500. The van der Waals surface area contributed by atoms with E-state index in [9.17, 15) is 4.39 Å². The van der Waals surface area contributed by atoms with E-state index in [1.54, 1.807) is 0 Å². The maximum Gasteiger partial charge on any atom is 0.118 e. The predicted octanol–water partition coefficient (Wildman–Crippen LogP) is 3.08. The molecule has 0 aliphatic carbocycles. The zero-order valence-corrected chi connectivity index (χ0v) is 12.5. The van der Waals surface area contributed by atoms with Gasteiger partial charge in [-0.15, -0.1) is 0 Å². The molecule has 1 aromatic carbocycles. The van der Waals surface area contributed by atoms with Crippen LogP contribution in [-0.2, 0) is 6.54 Å². The van der Waals surface area contributed by atoms with Gasteiger partial charge in [-0.3, -0.25) is 4.90 Å². The van der Waals surface area contributed by atoms with Gasteiger partial charge < -0.3 is 5.73 Å². The maximum atomic E-state index is 13.2. The van der Waals surface area contributed by atoms with Crippen molar-refractivity contribution < 1.29 is 4.39 Å². The Bertz CT molecular complexity index is 400. The van der Waals surface area contributed by atoms with Crippen LogP contribution in [0.15, 0.2) is 27.1 Å². The van der Waals surface area contributed by atoms with E-state index < -0.39 is 6.17 Å². The fourth-order valence-corrected chi connectivity index (χ4v) is 2.74. The molecule has 1 aliphatic rings. The van der Waals surface area contributed by atoms with Gasteiger partial charge >= 0.3 is 0 Å². The van der Waals surface area contributed by atoms with Gasteiger partial charge in [0.2, 0.25) is 0 Å². The van der Waals surface area contributed by atoms with Gasteiger partial charge in [0.15, 0.2) is 0 Å². The first kappa shape index (κ1) is 13.5. The minimum absolute atomic E-state index is 0.345. The van der Waals surface area contributed by atoms with Crippen molar-refractivity contribution in [2.45, 2.75) is 25.2 Å². The molecule has 0 radical (unpaired) electrons. The molecule has 0 spiro atoms. The molecular weight excluding hydrogens is 351 g/mol. The van der Waals surface area contributed by atoms with Crippen LogP contribution >= 0.6 is 31.9 Å². The molecule has 0 aromatic heterocycles. The fourth-order valence-electron chi connectivity index (χ4n) is 2.06. The maximum absolute atomic E-state index is 13.2. The Balaban J connectivity index is 1.99. The Morgan fingerprint density at radius 1 is 1.35 bits per heavy atom. The van der Waals surface area contributed by atoms with E-state index in [-0.39, 0.29) is 6.04 Å². The number of hydrogen-bond acceptors (Lipinski definition) is 2. The molecule has 94 valence electrons. The molecule has 17 heavy (non-hydrogen) atoms. The number of nitrogens with zero attached hydrogens (tertiary/aromatic N) is 1. The summed E-state index contributed by atoms with van der Waals surface area (Å²) >= 11 is 6.92. The molecule has 5 heteroatoms. The van der Waals surface area contributed by atoms with Gasteiger partial charge in [-0.1, -0.05) is 6.07 Å². The monoisotopic (exact) mass is 364 g/mol. The Morgan fingerprint density at radius 3 is 2.76 bits per heavy atom. The van der Waals surface area contributed by atoms with E-state index in [0.29, 0.717) is 13.0 Å². The van der Waals surface area contributed by atoms with Crippen LogP contribution in [0.4, 0.5) is 4.39 Å². The topological polar surface area (TPSA) is 29.3 Å². The largest absolute Gasteiger partial charge is 0.324 e. The second-order valence-electron chi connectivity index (χ2n) is 4.45. The Labute approximate surface area is 118 Å². The van der Waals surface area contributed by atoms with E-state index in [1.807, 2.05) is 6.07 Å². The van der Waals surface area contributed by atoms with Crippen LogP contribution in [-0.4, -0.2) is 30.2 Å². The van der Waals surface area contributed by atoms with Crippen molar-refractivity contribution in [1.29, 1.82) is 0 Å². The summed E-state index contributed by atoms with van der Waals surface area (Å²) in [6, 6.07) is 5.82. The van der Waals surface area contributed by atoms with Gasteiger partial charge in [-0.25, -0.2) is 4.39 Å².